The van der Waals surface area contributed by atoms with Gasteiger partial charge in [-0.25, -0.2) is 9.37 Å². The van der Waals surface area contributed by atoms with Crippen LogP contribution in [-0.4, -0.2) is 36.0 Å². The largest absolute Gasteiger partial charge is 0.337 e. The minimum absolute atomic E-state index is 0.0976. The molecular formula is C30H26FN7O. The molecule has 0 saturated carbocycles. The number of aromatic amines is 2. The highest BCUT2D eigenvalue weighted by molar-refractivity contribution is 5.98. The van der Waals surface area contributed by atoms with Gasteiger partial charge in [-0.1, -0.05) is 39.0 Å². The van der Waals surface area contributed by atoms with Crippen molar-refractivity contribution in [1.82, 2.24) is 30.1 Å². The molecule has 0 saturated heterocycles. The average Bonchev–Trinajstić information content (AvgIpc) is 3.51. The van der Waals surface area contributed by atoms with E-state index >= 15 is 0 Å². The van der Waals surface area contributed by atoms with E-state index in [1.54, 1.807) is 18.6 Å². The molecule has 4 aromatic heterocycles. The molecule has 6 aromatic rings. The number of carbonyl (C=O) groups is 1. The van der Waals surface area contributed by atoms with E-state index < -0.39 is 5.41 Å². The van der Waals surface area contributed by atoms with Gasteiger partial charge in [0.15, 0.2) is 5.82 Å². The standard InChI is InChI=1S/C30H26FN7O/c1-16-8-17(10-19(31)9-16)21-6-5-7-23-26(21)36-28(35-23)27-22-12-24(33-15-25(22)37-38-27)18-11-20(14-32-13-18)34-29(39)30(2,3)4/h5-15H,1-4H3,(H,34,39)(H,35,36)(H,37,38). The predicted molar refractivity (Wildman–Crippen MR) is 150 cm³/mol. The van der Waals surface area contributed by atoms with E-state index in [2.05, 4.69) is 30.5 Å². The number of fused-ring (bicyclic) bond motifs is 2. The van der Waals surface area contributed by atoms with E-state index in [9.17, 15) is 9.18 Å². The zero-order valence-electron chi connectivity index (χ0n) is 21.9. The first kappa shape index (κ1) is 24.4. The van der Waals surface area contributed by atoms with Gasteiger partial charge in [-0.3, -0.25) is 19.9 Å². The number of nitrogens with zero attached hydrogens (tertiary/aromatic N) is 4. The molecular weight excluding hydrogens is 493 g/mol. The second kappa shape index (κ2) is 9.13. The molecule has 0 bridgehead atoms. The van der Waals surface area contributed by atoms with Crippen LogP contribution < -0.4 is 5.32 Å². The summed E-state index contributed by atoms with van der Waals surface area (Å²) in [5.41, 5.74) is 6.87. The number of anilines is 1. The molecule has 9 heteroatoms. The van der Waals surface area contributed by atoms with Crippen LogP contribution in [0.15, 0.2) is 67.1 Å². The molecule has 0 atom stereocenters. The Kier molecular flexibility index (Phi) is 5.71. The molecule has 39 heavy (non-hydrogen) atoms. The minimum atomic E-state index is -0.529. The molecule has 4 heterocycles. The Labute approximate surface area is 223 Å². The number of pyridine rings is 2. The Hall–Kier alpha value is -4.92. The molecule has 0 aliphatic heterocycles. The van der Waals surface area contributed by atoms with Crippen molar-refractivity contribution in [2.24, 2.45) is 5.41 Å². The van der Waals surface area contributed by atoms with Gasteiger partial charge in [0.1, 0.15) is 11.5 Å². The maximum absolute atomic E-state index is 14.2. The van der Waals surface area contributed by atoms with E-state index in [1.807, 2.05) is 64.1 Å². The molecule has 8 nitrogen and oxygen atoms in total. The van der Waals surface area contributed by atoms with Crippen molar-refractivity contribution in [3.63, 3.8) is 0 Å². The molecule has 0 unspecified atom stereocenters. The Morgan fingerprint density at radius 3 is 2.62 bits per heavy atom. The lowest BCUT2D eigenvalue weighted by Gasteiger charge is -2.17. The maximum Gasteiger partial charge on any atom is 0.229 e. The summed E-state index contributed by atoms with van der Waals surface area (Å²) in [6.45, 7) is 7.44. The first-order valence-corrected chi connectivity index (χ1v) is 12.5. The number of carbonyl (C=O) groups excluding carboxylic acids is 1. The van der Waals surface area contributed by atoms with E-state index in [1.165, 1.54) is 12.1 Å². The summed E-state index contributed by atoms with van der Waals surface area (Å²) in [4.78, 5) is 29.6. The van der Waals surface area contributed by atoms with Crippen LogP contribution in [0.5, 0.6) is 0 Å². The minimum Gasteiger partial charge on any atom is -0.337 e. The van der Waals surface area contributed by atoms with Gasteiger partial charge >= 0.3 is 0 Å². The Bertz CT molecular complexity index is 1860. The van der Waals surface area contributed by atoms with Gasteiger partial charge in [0, 0.05) is 28.1 Å². The molecule has 0 fully saturated rings. The first-order valence-electron chi connectivity index (χ1n) is 12.5. The number of hydrogen-bond acceptors (Lipinski definition) is 5. The number of rotatable bonds is 4. The Morgan fingerprint density at radius 1 is 0.974 bits per heavy atom. The van der Waals surface area contributed by atoms with E-state index in [4.69, 9.17) is 4.98 Å². The third-order valence-corrected chi connectivity index (χ3v) is 6.51. The SMILES string of the molecule is Cc1cc(F)cc(-c2cccc3[nH]c(-c4n[nH]c5cnc(-c6cncc(NC(=O)C(C)(C)C)c6)cc45)nc23)c1. The van der Waals surface area contributed by atoms with Crippen LogP contribution in [-0.2, 0) is 4.79 Å². The zero-order valence-corrected chi connectivity index (χ0v) is 21.9. The third-order valence-electron chi connectivity index (χ3n) is 6.51. The number of amides is 1. The lowest BCUT2D eigenvalue weighted by Crippen LogP contribution is -2.27. The van der Waals surface area contributed by atoms with Crippen molar-refractivity contribution in [2.75, 3.05) is 5.32 Å². The fraction of sp³-hybridized carbons (Fsp3) is 0.167. The summed E-state index contributed by atoms with van der Waals surface area (Å²) in [5, 5.41) is 11.3. The molecule has 6 rings (SSSR count). The van der Waals surface area contributed by atoms with Crippen LogP contribution in [0.4, 0.5) is 10.1 Å². The van der Waals surface area contributed by atoms with Crippen molar-refractivity contribution in [1.29, 1.82) is 0 Å². The molecule has 3 N–H and O–H groups in total. The van der Waals surface area contributed by atoms with Gasteiger partial charge in [0.25, 0.3) is 0 Å². The molecule has 0 spiro atoms. The number of nitrogens with one attached hydrogen (secondary N) is 3. The van der Waals surface area contributed by atoms with Crippen LogP contribution in [0.2, 0.25) is 0 Å². The Morgan fingerprint density at radius 2 is 1.82 bits per heavy atom. The number of imidazole rings is 1. The highest BCUT2D eigenvalue weighted by Crippen LogP contribution is 2.33. The average molecular weight is 520 g/mol. The summed E-state index contributed by atoms with van der Waals surface area (Å²) >= 11 is 0. The molecule has 2 aromatic carbocycles. The topological polar surface area (TPSA) is 112 Å². The fourth-order valence-corrected chi connectivity index (χ4v) is 4.49. The monoisotopic (exact) mass is 519 g/mol. The number of para-hydroxylation sites is 1. The second-order valence-corrected chi connectivity index (χ2v) is 10.7. The number of aromatic nitrogens is 6. The summed E-state index contributed by atoms with van der Waals surface area (Å²) in [7, 11) is 0. The van der Waals surface area contributed by atoms with Crippen LogP contribution in [0, 0.1) is 18.2 Å². The van der Waals surface area contributed by atoms with Gasteiger partial charge in [-0.15, -0.1) is 0 Å². The van der Waals surface area contributed by atoms with E-state index in [0.717, 1.165) is 44.2 Å². The van der Waals surface area contributed by atoms with Crippen molar-refractivity contribution >= 4 is 33.5 Å². The first-order chi connectivity index (χ1) is 18.7. The molecule has 0 aliphatic carbocycles. The lowest BCUT2D eigenvalue weighted by atomic mass is 9.95. The number of halogens is 1. The maximum atomic E-state index is 14.2. The molecule has 1 amide bonds. The predicted octanol–water partition coefficient (Wildman–Crippen LogP) is 6.66. The third kappa shape index (κ3) is 4.63. The van der Waals surface area contributed by atoms with Crippen LogP contribution >= 0.6 is 0 Å². The van der Waals surface area contributed by atoms with Gasteiger partial charge < -0.3 is 10.3 Å². The number of aryl methyl sites for hydroxylation is 1. The van der Waals surface area contributed by atoms with Crippen molar-refractivity contribution in [3.8, 4) is 33.9 Å². The number of H-pyrrole nitrogens is 2. The van der Waals surface area contributed by atoms with Crippen molar-refractivity contribution in [2.45, 2.75) is 27.7 Å². The zero-order chi connectivity index (χ0) is 27.3. The van der Waals surface area contributed by atoms with Gasteiger partial charge in [0.2, 0.25) is 5.91 Å². The van der Waals surface area contributed by atoms with Crippen LogP contribution in [0.1, 0.15) is 26.3 Å². The van der Waals surface area contributed by atoms with Crippen LogP contribution in [0.25, 0.3) is 55.8 Å². The number of hydrogen-bond donors (Lipinski definition) is 3. The van der Waals surface area contributed by atoms with Gasteiger partial charge in [0.05, 0.1) is 40.3 Å². The normalized spacial score (nSPS) is 11.8. The van der Waals surface area contributed by atoms with E-state index in [0.29, 0.717) is 22.9 Å². The van der Waals surface area contributed by atoms with Crippen molar-refractivity contribution in [3.05, 3.63) is 78.5 Å². The smallest absolute Gasteiger partial charge is 0.229 e. The fourth-order valence-electron chi connectivity index (χ4n) is 4.49. The number of benzene rings is 2. The second-order valence-electron chi connectivity index (χ2n) is 10.7. The molecule has 0 radical (unpaired) electrons. The molecule has 0 aliphatic rings. The summed E-state index contributed by atoms with van der Waals surface area (Å²) in [6.07, 6.45) is 5.03. The summed E-state index contributed by atoms with van der Waals surface area (Å²) in [5.74, 6) is 0.200. The highest BCUT2D eigenvalue weighted by Gasteiger charge is 2.22. The summed E-state index contributed by atoms with van der Waals surface area (Å²) in [6, 6.07) is 14.5. The lowest BCUT2D eigenvalue weighted by molar-refractivity contribution is -0.123. The van der Waals surface area contributed by atoms with Crippen molar-refractivity contribution < 1.29 is 9.18 Å². The molecule has 194 valence electrons. The van der Waals surface area contributed by atoms with E-state index in [-0.39, 0.29) is 11.7 Å². The summed E-state index contributed by atoms with van der Waals surface area (Å²) < 4.78 is 14.2. The van der Waals surface area contributed by atoms with Gasteiger partial charge in [-0.05, 0) is 48.4 Å². The van der Waals surface area contributed by atoms with Crippen LogP contribution in [0.3, 0.4) is 0 Å². The Balaban J connectivity index is 1.41. The quantitative estimate of drug-likeness (QED) is 0.241. The van der Waals surface area contributed by atoms with Gasteiger partial charge in [-0.2, -0.15) is 5.10 Å². The highest BCUT2D eigenvalue weighted by atomic mass is 19.1.